The van der Waals surface area contributed by atoms with E-state index >= 15 is 0 Å². The van der Waals surface area contributed by atoms with Crippen molar-refractivity contribution in [2.45, 2.75) is 37.7 Å². The molecule has 0 aliphatic heterocycles. The average Bonchev–Trinajstić information content (AvgIpc) is 2.95. The fourth-order valence-electron chi connectivity index (χ4n) is 3.79. The van der Waals surface area contributed by atoms with Crippen molar-refractivity contribution in [2.24, 2.45) is 0 Å². The predicted octanol–water partition coefficient (Wildman–Crippen LogP) is 3.24. The predicted molar refractivity (Wildman–Crippen MR) is 88.5 cm³/mol. The Morgan fingerprint density at radius 2 is 1.74 bits per heavy atom. The van der Waals surface area contributed by atoms with Crippen molar-refractivity contribution < 1.29 is 14.7 Å². The normalized spacial score (nSPS) is 21.8. The molecule has 0 atom stereocenters. The van der Waals surface area contributed by atoms with Crippen LogP contribution in [0.3, 0.4) is 0 Å². The fraction of sp³-hybridized carbons (Fsp3) is 0.300. The molecule has 0 saturated heterocycles. The number of fused-ring (bicyclic) bond motifs is 3. The zero-order valence-electron chi connectivity index (χ0n) is 12.8. The molecular weight excluding hydrogens is 288 g/mol. The van der Waals surface area contributed by atoms with Gasteiger partial charge in [0.2, 0.25) is 0 Å². The summed E-state index contributed by atoms with van der Waals surface area (Å²) in [4.78, 5) is 25.5. The largest absolute Gasteiger partial charge is 0.382 e. The SMILES string of the molecule is O=C1C(C(=O)C2(O)CCCCC2)=CC=C2C1=Cc1ccccc12. The van der Waals surface area contributed by atoms with Gasteiger partial charge < -0.3 is 5.11 Å². The van der Waals surface area contributed by atoms with Crippen molar-refractivity contribution in [3.63, 3.8) is 0 Å². The monoisotopic (exact) mass is 306 g/mol. The van der Waals surface area contributed by atoms with Crippen LogP contribution in [0.15, 0.2) is 47.6 Å². The van der Waals surface area contributed by atoms with Crippen molar-refractivity contribution in [1.29, 1.82) is 0 Å². The molecule has 0 aromatic heterocycles. The molecule has 1 saturated carbocycles. The second kappa shape index (κ2) is 5.14. The Balaban J connectivity index is 1.71. The van der Waals surface area contributed by atoms with E-state index in [0.29, 0.717) is 18.4 Å². The number of benzene rings is 1. The zero-order valence-corrected chi connectivity index (χ0v) is 12.8. The molecule has 3 nitrogen and oxygen atoms in total. The van der Waals surface area contributed by atoms with Gasteiger partial charge in [0.15, 0.2) is 11.6 Å². The number of carbonyl (C=O) groups excluding carboxylic acids is 2. The maximum atomic E-state index is 12.8. The van der Waals surface area contributed by atoms with E-state index < -0.39 is 11.4 Å². The lowest BCUT2D eigenvalue weighted by atomic mass is 9.76. The van der Waals surface area contributed by atoms with E-state index in [1.165, 1.54) is 0 Å². The number of Topliss-reactive ketones (excluding diaryl/α,β-unsaturated/α-hetero) is 2. The summed E-state index contributed by atoms with van der Waals surface area (Å²) in [5, 5.41) is 10.6. The number of allylic oxidation sites excluding steroid dienone is 4. The van der Waals surface area contributed by atoms with Gasteiger partial charge in [0.1, 0.15) is 5.60 Å². The second-order valence-electron chi connectivity index (χ2n) is 6.56. The first-order valence-electron chi connectivity index (χ1n) is 8.15. The van der Waals surface area contributed by atoms with Crippen LogP contribution in [0.25, 0.3) is 11.6 Å². The molecule has 3 aliphatic rings. The van der Waals surface area contributed by atoms with Gasteiger partial charge in [0.25, 0.3) is 0 Å². The third kappa shape index (κ3) is 2.15. The highest BCUT2D eigenvalue weighted by atomic mass is 16.3. The van der Waals surface area contributed by atoms with E-state index in [9.17, 15) is 14.7 Å². The van der Waals surface area contributed by atoms with Gasteiger partial charge >= 0.3 is 0 Å². The van der Waals surface area contributed by atoms with E-state index in [4.69, 9.17) is 0 Å². The van der Waals surface area contributed by atoms with Crippen LogP contribution in [0.4, 0.5) is 0 Å². The van der Waals surface area contributed by atoms with Crippen LogP contribution in [-0.2, 0) is 9.59 Å². The van der Waals surface area contributed by atoms with E-state index in [-0.39, 0.29) is 11.4 Å². The highest BCUT2D eigenvalue weighted by Crippen LogP contribution is 2.41. The van der Waals surface area contributed by atoms with E-state index in [2.05, 4.69) is 0 Å². The minimum absolute atomic E-state index is 0.122. The Morgan fingerprint density at radius 1 is 1.00 bits per heavy atom. The third-order valence-corrected chi connectivity index (χ3v) is 5.09. The third-order valence-electron chi connectivity index (χ3n) is 5.09. The van der Waals surface area contributed by atoms with Gasteiger partial charge in [-0.05, 0) is 41.7 Å². The number of hydrogen-bond donors (Lipinski definition) is 1. The first-order chi connectivity index (χ1) is 11.1. The molecule has 116 valence electrons. The average molecular weight is 306 g/mol. The smallest absolute Gasteiger partial charge is 0.198 e. The lowest BCUT2D eigenvalue weighted by Gasteiger charge is -2.31. The van der Waals surface area contributed by atoms with Crippen molar-refractivity contribution in [2.75, 3.05) is 0 Å². The quantitative estimate of drug-likeness (QED) is 0.853. The molecule has 3 aliphatic carbocycles. The summed E-state index contributed by atoms with van der Waals surface area (Å²) in [5.41, 5.74) is 2.22. The molecule has 23 heavy (non-hydrogen) atoms. The van der Waals surface area contributed by atoms with Crippen molar-refractivity contribution in [3.05, 3.63) is 58.7 Å². The molecule has 3 heteroatoms. The number of ketones is 2. The van der Waals surface area contributed by atoms with Crippen LogP contribution in [0, 0.1) is 0 Å². The molecule has 0 unspecified atom stereocenters. The minimum atomic E-state index is -1.36. The topological polar surface area (TPSA) is 54.4 Å². The Hall–Kier alpha value is -2.26. The Labute approximate surface area is 135 Å². The van der Waals surface area contributed by atoms with Gasteiger partial charge in [0, 0.05) is 5.57 Å². The molecule has 1 aromatic carbocycles. The Kier molecular flexibility index (Phi) is 3.20. The number of carbonyl (C=O) groups is 2. The van der Waals surface area contributed by atoms with Gasteiger partial charge in [-0.25, -0.2) is 0 Å². The Bertz CT molecular complexity index is 802. The number of aliphatic hydroxyl groups is 1. The lowest BCUT2D eigenvalue weighted by Crippen LogP contribution is -2.43. The van der Waals surface area contributed by atoms with Gasteiger partial charge in [-0.3, -0.25) is 9.59 Å². The molecular formula is C20H18O3. The van der Waals surface area contributed by atoms with Gasteiger partial charge in [-0.15, -0.1) is 0 Å². The van der Waals surface area contributed by atoms with Crippen LogP contribution in [0.2, 0.25) is 0 Å². The summed E-state index contributed by atoms with van der Waals surface area (Å²) < 4.78 is 0. The summed E-state index contributed by atoms with van der Waals surface area (Å²) >= 11 is 0. The van der Waals surface area contributed by atoms with Gasteiger partial charge in [-0.2, -0.15) is 0 Å². The summed E-state index contributed by atoms with van der Waals surface area (Å²) in [6.07, 6.45) is 8.86. The zero-order chi connectivity index (χ0) is 16.0. The summed E-state index contributed by atoms with van der Waals surface area (Å²) in [5.74, 6) is -0.669. The standard InChI is InChI=1S/C20H18O3/c21-18-16(19(22)20(23)10-4-1-5-11-20)9-8-15-14-7-3-2-6-13(14)12-17(15)18/h2-3,6-9,12,23H,1,4-5,10-11H2. The van der Waals surface area contributed by atoms with Crippen molar-refractivity contribution in [1.82, 2.24) is 0 Å². The molecule has 1 aromatic rings. The molecule has 0 heterocycles. The van der Waals surface area contributed by atoms with Crippen LogP contribution in [0.5, 0.6) is 0 Å². The van der Waals surface area contributed by atoms with Crippen LogP contribution < -0.4 is 0 Å². The van der Waals surface area contributed by atoms with Crippen LogP contribution >= 0.6 is 0 Å². The van der Waals surface area contributed by atoms with E-state index in [0.717, 1.165) is 36.0 Å². The maximum absolute atomic E-state index is 12.8. The number of rotatable bonds is 2. The van der Waals surface area contributed by atoms with Crippen LogP contribution in [-0.4, -0.2) is 22.3 Å². The molecule has 0 amide bonds. The first kappa shape index (κ1) is 14.3. The first-order valence-corrected chi connectivity index (χ1v) is 8.15. The molecule has 1 N–H and O–H groups in total. The summed E-state index contributed by atoms with van der Waals surface area (Å²) in [6, 6.07) is 7.82. The highest BCUT2D eigenvalue weighted by molar-refractivity contribution is 6.36. The molecule has 4 rings (SSSR count). The minimum Gasteiger partial charge on any atom is -0.382 e. The van der Waals surface area contributed by atoms with Gasteiger partial charge in [-0.1, -0.05) is 49.6 Å². The van der Waals surface area contributed by atoms with Crippen LogP contribution in [0.1, 0.15) is 43.2 Å². The lowest BCUT2D eigenvalue weighted by molar-refractivity contribution is -0.137. The Morgan fingerprint density at radius 3 is 2.52 bits per heavy atom. The summed E-state index contributed by atoms with van der Waals surface area (Å²) in [7, 11) is 0. The molecule has 0 spiro atoms. The summed E-state index contributed by atoms with van der Waals surface area (Å²) in [6.45, 7) is 0. The van der Waals surface area contributed by atoms with Crippen molar-refractivity contribution >= 4 is 23.2 Å². The number of hydrogen-bond acceptors (Lipinski definition) is 3. The van der Waals surface area contributed by atoms with E-state index in [1.54, 1.807) is 6.08 Å². The van der Waals surface area contributed by atoms with Crippen molar-refractivity contribution in [3.8, 4) is 0 Å². The van der Waals surface area contributed by atoms with E-state index in [1.807, 2.05) is 36.4 Å². The second-order valence-corrected chi connectivity index (χ2v) is 6.56. The fourth-order valence-corrected chi connectivity index (χ4v) is 3.79. The molecule has 1 fully saturated rings. The highest BCUT2D eigenvalue weighted by Gasteiger charge is 2.42. The van der Waals surface area contributed by atoms with Gasteiger partial charge in [0.05, 0.1) is 5.57 Å². The molecule has 0 bridgehead atoms. The molecule has 0 radical (unpaired) electrons. The maximum Gasteiger partial charge on any atom is 0.198 e.